The molecule has 2 rings (SSSR count). The molecule has 0 spiro atoms. The van der Waals surface area contributed by atoms with E-state index in [9.17, 15) is 9.59 Å². The number of ether oxygens (including phenoxy) is 1. The fourth-order valence-electron chi connectivity index (χ4n) is 3.00. The maximum absolute atomic E-state index is 12.7. The number of unbranched alkanes of at least 4 members (excludes halogenated alkanes) is 1. The number of nitrogens with one attached hydrogen (secondary N) is 2. The maximum Gasteiger partial charge on any atom is 0.255 e. The van der Waals surface area contributed by atoms with Gasteiger partial charge >= 0.3 is 0 Å². The second-order valence-electron chi connectivity index (χ2n) is 6.70. The van der Waals surface area contributed by atoms with E-state index in [0.29, 0.717) is 29.3 Å². The van der Waals surface area contributed by atoms with Gasteiger partial charge in [-0.15, -0.1) is 0 Å². The van der Waals surface area contributed by atoms with E-state index in [1.54, 1.807) is 30.3 Å². The zero-order valence-corrected chi connectivity index (χ0v) is 17.0. The molecule has 2 aromatic rings. The van der Waals surface area contributed by atoms with Crippen molar-refractivity contribution in [1.29, 1.82) is 0 Å². The molecule has 1 atom stereocenters. The Kier molecular flexibility index (Phi) is 8.53. The fourth-order valence-corrected chi connectivity index (χ4v) is 3.00. The summed E-state index contributed by atoms with van der Waals surface area (Å²) in [6.45, 7) is 6.57. The number of hydrogen-bond acceptors (Lipinski definition) is 3. The monoisotopic (exact) mass is 382 g/mol. The summed E-state index contributed by atoms with van der Waals surface area (Å²) < 4.78 is 5.55. The van der Waals surface area contributed by atoms with Crippen LogP contribution in [0.25, 0.3) is 0 Å². The molecule has 0 aliphatic heterocycles. The van der Waals surface area contributed by atoms with Crippen molar-refractivity contribution >= 4 is 23.2 Å². The average molecular weight is 383 g/mol. The molecule has 0 heterocycles. The van der Waals surface area contributed by atoms with Gasteiger partial charge in [-0.05, 0) is 50.1 Å². The van der Waals surface area contributed by atoms with Crippen molar-refractivity contribution in [2.45, 2.75) is 46.5 Å². The molecule has 2 amide bonds. The number of carbonyl (C=O) groups excluding carboxylic acids is 2. The Hall–Kier alpha value is -2.82. The minimum absolute atomic E-state index is 0.00416. The molecule has 0 saturated carbocycles. The first-order valence-corrected chi connectivity index (χ1v) is 10.0. The van der Waals surface area contributed by atoms with E-state index in [4.69, 9.17) is 4.74 Å². The summed E-state index contributed by atoms with van der Waals surface area (Å²) in [6, 6.07) is 14.3. The van der Waals surface area contributed by atoms with Gasteiger partial charge in [-0.2, -0.15) is 0 Å². The van der Waals surface area contributed by atoms with Gasteiger partial charge in [0, 0.05) is 17.2 Å². The first-order valence-electron chi connectivity index (χ1n) is 10.0. The van der Waals surface area contributed by atoms with Crippen molar-refractivity contribution in [2.24, 2.45) is 5.92 Å². The number of amides is 2. The minimum atomic E-state index is -0.249. The van der Waals surface area contributed by atoms with Gasteiger partial charge in [-0.25, -0.2) is 0 Å². The van der Waals surface area contributed by atoms with E-state index in [1.165, 1.54) is 0 Å². The lowest BCUT2D eigenvalue weighted by atomic mass is 9.98. The fraction of sp³-hybridized carbons (Fsp3) is 0.391. The highest BCUT2D eigenvalue weighted by Gasteiger charge is 2.17. The first-order chi connectivity index (χ1) is 13.6. The Morgan fingerprint density at radius 3 is 2.50 bits per heavy atom. The van der Waals surface area contributed by atoms with Gasteiger partial charge in [0.05, 0.1) is 12.3 Å². The smallest absolute Gasteiger partial charge is 0.255 e. The molecule has 0 radical (unpaired) electrons. The molecule has 0 fully saturated rings. The van der Waals surface area contributed by atoms with Gasteiger partial charge in [0.15, 0.2) is 0 Å². The van der Waals surface area contributed by atoms with Gasteiger partial charge in [0.25, 0.3) is 5.91 Å². The summed E-state index contributed by atoms with van der Waals surface area (Å²) in [5.74, 6) is 0.386. The molecule has 0 bridgehead atoms. The Labute approximate surface area is 167 Å². The van der Waals surface area contributed by atoms with Crippen molar-refractivity contribution in [1.82, 2.24) is 0 Å². The summed E-state index contributed by atoms with van der Waals surface area (Å²) in [5.41, 5.74) is 1.73. The van der Waals surface area contributed by atoms with Crippen LogP contribution in [0.3, 0.4) is 0 Å². The standard InChI is InChI=1S/C23H30N2O3/c1-4-7-11-17(5-2)22(26)24-19-13-10-12-18(16-19)23(27)25-20-14-8-9-15-21(20)28-6-3/h8-10,12-17H,4-7,11H2,1-3H3,(H,24,26)(H,25,27)/t17-/m0/s1. The van der Waals surface area contributed by atoms with Gasteiger partial charge in [-0.3, -0.25) is 9.59 Å². The highest BCUT2D eigenvalue weighted by atomic mass is 16.5. The van der Waals surface area contributed by atoms with Crippen molar-refractivity contribution < 1.29 is 14.3 Å². The summed E-state index contributed by atoms with van der Waals surface area (Å²) in [5, 5.41) is 5.83. The van der Waals surface area contributed by atoms with E-state index in [1.807, 2.05) is 32.0 Å². The summed E-state index contributed by atoms with van der Waals surface area (Å²) >= 11 is 0. The van der Waals surface area contributed by atoms with Gasteiger partial charge < -0.3 is 15.4 Å². The second kappa shape index (κ2) is 11.1. The van der Waals surface area contributed by atoms with Crippen molar-refractivity contribution in [3.05, 3.63) is 54.1 Å². The largest absolute Gasteiger partial charge is 0.492 e. The third kappa shape index (κ3) is 6.12. The lowest BCUT2D eigenvalue weighted by molar-refractivity contribution is -0.120. The van der Waals surface area contributed by atoms with Crippen LogP contribution < -0.4 is 15.4 Å². The van der Waals surface area contributed by atoms with Crippen molar-refractivity contribution in [3.8, 4) is 5.75 Å². The van der Waals surface area contributed by atoms with Crippen LogP contribution in [0.15, 0.2) is 48.5 Å². The SMILES string of the molecule is CCCC[C@H](CC)C(=O)Nc1cccc(C(=O)Nc2ccccc2OCC)c1. The Bertz CT molecular complexity index is 789. The van der Waals surface area contributed by atoms with Gasteiger partial charge in [0.1, 0.15) is 5.75 Å². The number of benzene rings is 2. The summed E-state index contributed by atoms with van der Waals surface area (Å²) in [4.78, 5) is 25.2. The van der Waals surface area contributed by atoms with Crippen LogP contribution in [0.1, 0.15) is 56.8 Å². The molecule has 5 nitrogen and oxygen atoms in total. The molecule has 0 aromatic heterocycles. The van der Waals surface area contributed by atoms with Crippen molar-refractivity contribution in [2.75, 3.05) is 17.2 Å². The zero-order valence-electron chi connectivity index (χ0n) is 17.0. The Morgan fingerprint density at radius 2 is 1.79 bits per heavy atom. The van der Waals surface area contributed by atoms with E-state index in [2.05, 4.69) is 17.6 Å². The second-order valence-corrected chi connectivity index (χ2v) is 6.70. The molecule has 2 aromatic carbocycles. The predicted octanol–water partition coefficient (Wildman–Crippen LogP) is 5.49. The van der Waals surface area contributed by atoms with Crippen LogP contribution in [0, 0.1) is 5.92 Å². The van der Waals surface area contributed by atoms with Gasteiger partial charge in [-0.1, -0.05) is 44.9 Å². The van der Waals surface area contributed by atoms with Gasteiger partial charge in [0.2, 0.25) is 5.91 Å². The molecule has 150 valence electrons. The van der Waals surface area contributed by atoms with Crippen LogP contribution in [0.2, 0.25) is 0 Å². The quantitative estimate of drug-likeness (QED) is 0.571. The van der Waals surface area contributed by atoms with Crippen molar-refractivity contribution in [3.63, 3.8) is 0 Å². The topological polar surface area (TPSA) is 67.4 Å². The third-order valence-corrected chi connectivity index (χ3v) is 4.60. The van der Waals surface area contributed by atoms with Crippen LogP contribution in [-0.4, -0.2) is 18.4 Å². The average Bonchev–Trinajstić information content (AvgIpc) is 2.70. The molecule has 2 N–H and O–H groups in total. The lowest BCUT2D eigenvalue weighted by Gasteiger charge is -2.15. The molecule has 0 aliphatic rings. The molecule has 5 heteroatoms. The third-order valence-electron chi connectivity index (χ3n) is 4.60. The molecule has 28 heavy (non-hydrogen) atoms. The van der Waals surface area contributed by atoms with Crippen LogP contribution in [0.5, 0.6) is 5.75 Å². The number of hydrogen-bond donors (Lipinski definition) is 2. The number of rotatable bonds is 10. The number of carbonyl (C=O) groups is 2. The maximum atomic E-state index is 12.7. The van der Waals surface area contributed by atoms with Crippen LogP contribution >= 0.6 is 0 Å². The molecular formula is C23H30N2O3. The predicted molar refractivity (Wildman–Crippen MR) is 114 cm³/mol. The van der Waals surface area contributed by atoms with E-state index < -0.39 is 0 Å². The number of anilines is 2. The van der Waals surface area contributed by atoms with E-state index in [-0.39, 0.29) is 17.7 Å². The normalized spacial score (nSPS) is 11.5. The molecule has 0 saturated heterocycles. The summed E-state index contributed by atoms with van der Waals surface area (Å²) in [6.07, 6.45) is 3.80. The van der Waals surface area contributed by atoms with E-state index in [0.717, 1.165) is 25.7 Å². The Morgan fingerprint density at radius 1 is 1.00 bits per heavy atom. The zero-order chi connectivity index (χ0) is 20.4. The molecule has 0 aliphatic carbocycles. The minimum Gasteiger partial charge on any atom is -0.492 e. The van der Waals surface area contributed by atoms with Crippen LogP contribution in [-0.2, 0) is 4.79 Å². The Balaban J connectivity index is 2.08. The molecule has 0 unspecified atom stereocenters. The first kappa shape index (κ1) is 21.5. The highest BCUT2D eigenvalue weighted by Crippen LogP contribution is 2.25. The highest BCUT2D eigenvalue weighted by molar-refractivity contribution is 6.06. The summed E-state index contributed by atoms with van der Waals surface area (Å²) in [7, 11) is 0. The number of para-hydroxylation sites is 2. The van der Waals surface area contributed by atoms with Crippen LogP contribution in [0.4, 0.5) is 11.4 Å². The molecular weight excluding hydrogens is 352 g/mol. The lowest BCUT2D eigenvalue weighted by Crippen LogP contribution is -2.22. The van der Waals surface area contributed by atoms with E-state index >= 15 is 0 Å².